The quantitative estimate of drug-likeness (QED) is 0.586. The number of hydrogen-bond acceptors (Lipinski definition) is 0. The summed E-state index contributed by atoms with van der Waals surface area (Å²) in [5, 5.41) is 3.05. The van der Waals surface area contributed by atoms with Gasteiger partial charge < -0.3 is 0 Å². The Morgan fingerprint density at radius 1 is 0.769 bits per heavy atom. The zero-order valence-electron chi connectivity index (χ0n) is 16.4. The van der Waals surface area contributed by atoms with E-state index in [4.69, 9.17) is 0 Å². The summed E-state index contributed by atoms with van der Waals surface area (Å²) in [5.74, 6) is 1.48. The van der Waals surface area contributed by atoms with Crippen molar-refractivity contribution in [2.24, 2.45) is 11.8 Å². The van der Waals surface area contributed by atoms with Gasteiger partial charge in [0.15, 0.2) is 0 Å². The average molecular weight is 355 g/mol. The fraction of sp³-hybridized carbons (Fsp3) is 0.333. The SMILES string of the molecule is C1=CC2CCC(P(c3ccccc3)c3ccccc3)C2C=C1.CCC.[Li+]. The Bertz CT molecular complexity index is 653. The van der Waals surface area contributed by atoms with E-state index in [0.29, 0.717) is 0 Å². The third-order valence-electron chi connectivity index (χ3n) is 4.94. The van der Waals surface area contributed by atoms with Crippen LogP contribution in [0, 0.1) is 11.8 Å². The molecule has 1 saturated carbocycles. The van der Waals surface area contributed by atoms with Gasteiger partial charge in [0, 0.05) is 0 Å². The maximum Gasteiger partial charge on any atom is 1.00 e. The van der Waals surface area contributed by atoms with E-state index in [-0.39, 0.29) is 26.8 Å². The second-order valence-electron chi connectivity index (χ2n) is 6.90. The molecule has 2 aromatic carbocycles. The van der Waals surface area contributed by atoms with Crippen molar-refractivity contribution in [3.63, 3.8) is 0 Å². The van der Waals surface area contributed by atoms with E-state index in [1.54, 1.807) is 0 Å². The molecular formula is C24H29LiP+. The molecule has 0 N–H and O–H groups in total. The molecule has 26 heavy (non-hydrogen) atoms. The van der Waals surface area contributed by atoms with Crippen LogP contribution in [0.25, 0.3) is 0 Å². The molecular weight excluding hydrogens is 326 g/mol. The van der Waals surface area contributed by atoms with Crippen LogP contribution in [0.2, 0.25) is 0 Å². The van der Waals surface area contributed by atoms with Gasteiger partial charge in [-0.25, -0.2) is 0 Å². The largest absolute Gasteiger partial charge is 1.00 e. The van der Waals surface area contributed by atoms with Gasteiger partial charge in [-0.3, -0.25) is 0 Å². The monoisotopic (exact) mass is 355 g/mol. The van der Waals surface area contributed by atoms with Crippen molar-refractivity contribution in [3.05, 3.63) is 85.0 Å². The second kappa shape index (κ2) is 10.9. The maximum atomic E-state index is 2.46. The Hall–Kier alpha value is -1.05. The predicted octanol–water partition coefficient (Wildman–Crippen LogP) is 3.06. The standard InChI is InChI=1S/C21H21P.C3H8.Li/c1-3-10-18(11-4-1)22(19-12-5-2-6-13-19)21-16-15-17-9-7-8-14-20(17)21;1-3-2;/h1-14,17,20-21H,15-16H2;3H2,1-2H3;/q;;+1. The third kappa shape index (κ3) is 5.02. The van der Waals surface area contributed by atoms with E-state index in [9.17, 15) is 0 Å². The fourth-order valence-electron chi connectivity index (χ4n) is 3.94. The summed E-state index contributed by atoms with van der Waals surface area (Å²) in [6.07, 6.45) is 13.3. The second-order valence-corrected chi connectivity index (χ2v) is 9.34. The van der Waals surface area contributed by atoms with E-state index in [1.807, 2.05) is 0 Å². The number of rotatable bonds is 3. The van der Waals surface area contributed by atoms with E-state index in [0.717, 1.165) is 17.5 Å². The van der Waals surface area contributed by atoms with Gasteiger partial charge in [-0.15, -0.1) is 0 Å². The molecule has 3 atom stereocenters. The van der Waals surface area contributed by atoms with Gasteiger partial charge in [0.25, 0.3) is 0 Å². The molecule has 0 amide bonds. The first-order valence-electron chi connectivity index (χ1n) is 9.59. The van der Waals surface area contributed by atoms with Gasteiger partial charge >= 0.3 is 18.9 Å². The minimum atomic E-state index is -0.281. The van der Waals surface area contributed by atoms with Crippen molar-refractivity contribution in [1.82, 2.24) is 0 Å². The van der Waals surface area contributed by atoms with Crippen LogP contribution in [0.3, 0.4) is 0 Å². The molecule has 130 valence electrons. The molecule has 2 aliphatic rings. The van der Waals surface area contributed by atoms with E-state index >= 15 is 0 Å². The Labute approximate surface area is 172 Å². The Morgan fingerprint density at radius 3 is 1.81 bits per heavy atom. The first-order chi connectivity index (χ1) is 12.3. The maximum absolute atomic E-state index is 2.46. The predicted molar refractivity (Wildman–Crippen MR) is 113 cm³/mol. The minimum absolute atomic E-state index is 0. The van der Waals surface area contributed by atoms with Gasteiger partial charge in [0.1, 0.15) is 0 Å². The smallest absolute Gasteiger partial charge is 0.0808 e. The van der Waals surface area contributed by atoms with E-state index in [1.165, 1.54) is 29.9 Å². The summed E-state index contributed by atoms with van der Waals surface area (Å²) in [5.41, 5.74) is 0.769. The molecule has 0 nitrogen and oxygen atoms in total. The summed E-state index contributed by atoms with van der Waals surface area (Å²) in [7, 11) is -0.281. The average Bonchev–Trinajstić information content (AvgIpc) is 3.09. The summed E-state index contributed by atoms with van der Waals surface area (Å²) in [4.78, 5) is 0. The van der Waals surface area contributed by atoms with Crippen LogP contribution in [0.1, 0.15) is 33.1 Å². The molecule has 3 unspecified atom stereocenters. The summed E-state index contributed by atoms with van der Waals surface area (Å²) >= 11 is 0. The van der Waals surface area contributed by atoms with Gasteiger partial charge in [-0.2, -0.15) is 0 Å². The molecule has 0 bridgehead atoms. The number of benzene rings is 2. The van der Waals surface area contributed by atoms with Crippen molar-refractivity contribution in [2.75, 3.05) is 0 Å². The minimum Gasteiger partial charge on any atom is -0.0808 e. The first kappa shape index (κ1) is 21.2. The molecule has 0 radical (unpaired) electrons. The zero-order chi connectivity index (χ0) is 17.5. The number of allylic oxidation sites excluding steroid dienone is 4. The van der Waals surface area contributed by atoms with Crippen LogP contribution in [0.15, 0.2) is 85.0 Å². The number of hydrogen-bond donors (Lipinski definition) is 0. The molecule has 0 heterocycles. The Balaban J connectivity index is 0.000000570. The van der Waals surface area contributed by atoms with Gasteiger partial charge in [0.2, 0.25) is 0 Å². The molecule has 4 rings (SSSR count). The Kier molecular flexibility index (Phi) is 8.94. The van der Waals surface area contributed by atoms with Crippen LogP contribution in [-0.2, 0) is 0 Å². The molecule has 1 fully saturated rings. The molecule has 0 aromatic heterocycles. The van der Waals surface area contributed by atoms with Gasteiger partial charge in [-0.05, 0) is 48.9 Å². The molecule has 2 heteroatoms. The van der Waals surface area contributed by atoms with Crippen molar-refractivity contribution < 1.29 is 18.9 Å². The molecule has 2 aliphatic carbocycles. The molecule has 0 spiro atoms. The zero-order valence-corrected chi connectivity index (χ0v) is 17.3. The summed E-state index contributed by atoms with van der Waals surface area (Å²) in [6.45, 7) is 4.25. The van der Waals surface area contributed by atoms with Gasteiger partial charge in [-0.1, -0.05) is 105 Å². The van der Waals surface area contributed by atoms with Crippen molar-refractivity contribution in [1.29, 1.82) is 0 Å². The van der Waals surface area contributed by atoms with Crippen LogP contribution in [0.5, 0.6) is 0 Å². The molecule has 0 aliphatic heterocycles. The number of fused-ring (bicyclic) bond motifs is 1. The summed E-state index contributed by atoms with van der Waals surface area (Å²) < 4.78 is 0. The van der Waals surface area contributed by atoms with E-state index in [2.05, 4.69) is 98.8 Å². The van der Waals surface area contributed by atoms with Gasteiger partial charge in [0.05, 0.1) is 0 Å². The van der Waals surface area contributed by atoms with E-state index < -0.39 is 0 Å². The van der Waals surface area contributed by atoms with Crippen LogP contribution >= 0.6 is 7.92 Å². The Morgan fingerprint density at radius 2 is 1.27 bits per heavy atom. The summed E-state index contributed by atoms with van der Waals surface area (Å²) in [6, 6.07) is 22.3. The van der Waals surface area contributed by atoms with Crippen LogP contribution < -0.4 is 29.5 Å². The van der Waals surface area contributed by atoms with Crippen molar-refractivity contribution in [3.8, 4) is 0 Å². The third-order valence-corrected chi connectivity index (χ3v) is 7.91. The van der Waals surface area contributed by atoms with Crippen molar-refractivity contribution in [2.45, 2.75) is 38.8 Å². The molecule has 0 saturated heterocycles. The first-order valence-corrected chi connectivity index (χ1v) is 11.0. The van der Waals surface area contributed by atoms with Crippen LogP contribution in [-0.4, -0.2) is 5.66 Å². The topological polar surface area (TPSA) is 0 Å². The molecule has 2 aromatic rings. The van der Waals surface area contributed by atoms with Crippen LogP contribution in [0.4, 0.5) is 0 Å². The fourth-order valence-corrected chi connectivity index (χ4v) is 7.06. The normalized spacial score (nSPS) is 23.0. The van der Waals surface area contributed by atoms with Crippen molar-refractivity contribution >= 4 is 18.5 Å².